The Hall–Kier alpha value is -4.22. The van der Waals surface area contributed by atoms with Crippen LogP contribution in [0, 0.1) is 0 Å². The molecule has 0 spiro atoms. The predicted octanol–water partition coefficient (Wildman–Crippen LogP) is 5.67. The van der Waals surface area contributed by atoms with Crippen LogP contribution in [0.2, 0.25) is 0 Å². The van der Waals surface area contributed by atoms with E-state index >= 15 is 4.39 Å². The van der Waals surface area contributed by atoms with Gasteiger partial charge in [-0.3, -0.25) is 28.0 Å². The number of ether oxygens (including phenoxy) is 5. The number of amides is 1. The fraction of sp³-hybridized carbons (Fsp3) is 0.382. The highest BCUT2D eigenvalue weighted by Gasteiger charge is 2.62. The van der Waals surface area contributed by atoms with Gasteiger partial charge in [-0.1, -0.05) is 91.0 Å². The summed E-state index contributed by atoms with van der Waals surface area (Å²) in [7, 11) is -5.01. The van der Waals surface area contributed by atoms with Gasteiger partial charge in [0.15, 0.2) is 19.0 Å². The van der Waals surface area contributed by atoms with Crippen LogP contribution in [0.3, 0.4) is 0 Å². The molecule has 0 saturated carbocycles. The Balaban J connectivity index is 1.74. The molecular formula is C34H36F4NO12P. The van der Waals surface area contributed by atoms with Gasteiger partial charge in [-0.2, -0.15) is 13.2 Å². The van der Waals surface area contributed by atoms with Crippen molar-refractivity contribution < 1.29 is 73.8 Å². The first-order valence-corrected chi connectivity index (χ1v) is 17.1. The fourth-order valence-corrected chi connectivity index (χ4v) is 6.01. The standard InChI is InChI=1S/C34H36F4NO12P/c1-23(40)45-21-33(35)30(49-24(2)41)29(46-22-44-18-25-12-6-3-7-13-25)28(39-32(42)34(36,37)38)31(50-33)51-52(43,47-19-26-14-8-4-9-15-26)48-20-27-16-10-5-11-17-27/h3-17,28-31H,18-22H2,1-2H3,(H,39,42)/t28?,29?,30-,31+,33?/m0/s1. The number of alkyl halides is 4. The number of rotatable bonds is 17. The number of esters is 2. The summed E-state index contributed by atoms with van der Waals surface area (Å²) in [6.45, 7) is -1.30. The summed E-state index contributed by atoms with van der Waals surface area (Å²) in [4.78, 5) is 36.4. The van der Waals surface area contributed by atoms with E-state index in [1.165, 1.54) is 0 Å². The van der Waals surface area contributed by atoms with Crippen molar-refractivity contribution in [3.05, 3.63) is 108 Å². The zero-order valence-corrected chi connectivity index (χ0v) is 28.8. The van der Waals surface area contributed by atoms with Crippen LogP contribution in [0.5, 0.6) is 0 Å². The van der Waals surface area contributed by atoms with Gasteiger partial charge in [-0.15, -0.1) is 0 Å². The van der Waals surface area contributed by atoms with Crippen LogP contribution in [0.1, 0.15) is 30.5 Å². The number of benzene rings is 3. The molecule has 3 unspecified atom stereocenters. The van der Waals surface area contributed by atoms with E-state index in [9.17, 15) is 32.1 Å². The summed E-state index contributed by atoms with van der Waals surface area (Å²) in [5.41, 5.74) is 1.57. The molecule has 4 rings (SSSR count). The van der Waals surface area contributed by atoms with E-state index in [-0.39, 0.29) is 6.61 Å². The maximum absolute atomic E-state index is 17.0. The molecule has 1 aliphatic rings. The third-order valence-corrected chi connectivity index (χ3v) is 8.51. The van der Waals surface area contributed by atoms with E-state index in [1.807, 2.05) is 0 Å². The second kappa shape index (κ2) is 18.5. The van der Waals surface area contributed by atoms with Gasteiger partial charge in [0.25, 0.3) is 5.85 Å². The Morgan fingerprint density at radius 2 is 1.31 bits per heavy atom. The van der Waals surface area contributed by atoms with Crippen molar-refractivity contribution in [1.29, 1.82) is 0 Å². The highest BCUT2D eigenvalue weighted by Crippen LogP contribution is 2.54. The van der Waals surface area contributed by atoms with Gasteiger partial charge in [-0.25, -0.2) is 8.96 Å². The third-order valence-electron chi connectivity index (χ3n) is 7.16. The SMILES string of the molecule is CC(=O)OCC1(F)O[C@H](OP(=O)(OCc2ccccc2)OCc2ccccc2)C(NC(=O)C(F)(F)F)C(OCOCc2ccccc2)[C@@H]1OC(C)=O. The Bertz CT molecular complexity index is 1610. The highest BCUT2D eigenvalue weighted by atomic mass is 31.2. The second-order valence-electron chi connectivity index (χ2n) is 11.2. The molecule has 1 heterocycles. The van der Waals surface area contributed by atoms with Crippen molar-refractivity contribution in [2.75, 3.05) is 13.4 Å². The lowest BCUT2D eigenvalue weighted by Crippen LogP contribution is -2.70. The normalized spacial score (nSPS) is 22.0. The molecule has 3 aromatic rings. The van der Waals surface area contributed by atoms with Crippen LogP contribution in [-0.2, 0) is 76.0 Å². The average molecular weight is 758 g/mol. The van der Waals surface area contributed by atoms with Gasteiger partial charge in [0.2, 0.25) is 0 Å². The van der Waals surface area contributed by atoms with Crippen molar-refractivity contribution in [3.63, 3.8) is 0 Å². The number of phosphoric ester groups is 1. The quantitative estimate of drug-likeness (QED) is 0.0594. The molecule has 1 saturated heterocycles. The minimum absolute atomic E-state index is 0.0914. The van der Waals surface area contributed by atoms with Crippen LogP contribution in [-0.4, -0.2) is 67.8 Å². The lowest BCUT2D eigenvalue weighted by atomic mass is 9.94. The van der Waals surface area contributed by atoms with E-state index in [4.69, 9.17) is 37.3 Å². The van der Waals surface area contributed by atoms with Crippen molar-refractivity contribution in [3.8, 4) is 0 Å². The third kappa shape index (κ3) is 12.2. The van der Waals surface area contributed by atoms with Crippen LogP contribution in [0.15, 0.2) is 91.0 Å². The van der Waals surface area contributed by atoms with Gasteiger partial charge in [0.1, 0.15) is 18.9 Å². The van der Waals surface area contributed by atoms with Gasteiger partial charge in [0, 0.05) is 13.8 Å². The van der Waals surface area contributed by atoms with E-state index in [0.717, 1.165) is 13.8 Å². The summed E-state index contributed by atoms with van der Waals surface area (Å²) in [5.74, 6) is -8.22. The largest absolute Gasteiger partial charge is 0.477 e. The molecule has 0 aromatic heterocycles. The van der Waals surface area contributed by atoms with E-state index < -0.39 is 88.9 Å². The molecule has 52 heavy (non-hydrogen) atoms. The number of carbonyl (C=O) groups is 3. The zero-order valence-electron chi connectivity index (χ0n) is 27.9. The van der Waals surface area contributed by atoms with Crippen LogP contribution < -0.4 is 5.32 Å². The van der Waals surface area contributed by atoms with Gasteiger partial charge in [-0.05, 0) is 16.7 Å². The highest BCUT2D eigenvalue weighted by molar-refractivity contribution is 7.48. The number of hydrogen-bond acceptors (Lipinski definition) is 12. The molecule has 0 radical (unpaired) electrons. The minimum atomic E-state index is -5.52. The number of carbonyl (C=O) groups excluding carboxylic acids is 3. The average Bonchev–Trinajstić information content (AvgIpc) is 3.11. The van der Waals surface area contributed by atoms with Gasteiger partial charge >= 0.3 is 31.8 Å². The summed E-state index contributed by atoms with van der Waals surface area (Å²) < 4.78 is 115. The van der Waals surface area contributed by atoms with Crippen LogP contribution in [0.4, 0.5) is 17.6 Å². The Kier molecular flexibility index (Phi) is 14.4. The Morgan fingerprint density at radius 3 is 1.77 bits per heavy atom. The zero-order chi connectivity index (χ0) is 37.8. The molecule has 5 atom stereocenters. The molecule has 0 bridgehead atoms. The lowest BCUT2D eigenvalue weighted by molar-refractivity contribution is -0.352. The van der Waals surface area contributed by atoms with Crippen molar-refractivity contribution in [2.45, 2.75) is 70.2 Å². The number of nitrogens with one attached hydrogen (secondary N) is 1. The molecular weight excluding hydrogens is 721 g/mol. The van der Waals surface area contributed by atoms with Crippen molar-refractivity contribution >= 4 is 25.7 Å². The summed E-state index contributed by atoms with van der Waals surface area (Å²) >= 11 is 0. The monoisotopic (exact) mass is 757 g/mol. The summed E-state index contributed by atoms with van der Waals surface area (Å²) in [5, 5.41) is 1.60. The van der Waals surface area contributed by atoms with Crippen molar-refractivity contribution in [1.82, 2.24) is 5.32 Å². The number of phosphoric acid groups is 1. The maximum atomic E-state index is 17.0. The molecule has 282 valence electrons. The lowest BCUT2D eigenvalue weighted by Gasteiger charge is -2.48. The molecule has 1 amide bonds. The van der Waals surface area contributed by atoms with E-state index in [1.54, 1.807) is 96.3 Å². The first-order chi connectivity index (χ1) is 24.7. The fourth-order valence-electron chi connectivity index (χ4n) is 4.77. The topological polar surface area (TPSA) is 154 Å². The predicted molar refractivity (Wildman–Crippen MR) is 171 cm³/mol. The molecule has 1 aliphatic heterocycles. The second-order valence-corrected chi connectivity index (χ2v) is 12.9. The van der Waals surface area contributed by atoms with Crippen molar-refractivity contribution in [2.24, 2.45) is 0 Å². The summed E-state index contributed by atoms with van der Waals surface area (Å²) in [6, 6.07) is 22.7. The molecule has 0 aliphatic carbocycles. The Morgan fingerprint density at radius 1 is 0.808 bits per heavy atom. The first kappa shape index (κ1) is 40.5. The van der Waals surface area contributed by atoms with Crippen LogP contribution >= 0.6 is 7.82 Å². The molecule has 18 heteroatoms. The van der Waals surface area contributed by atoms with Gasteiger partial charge < -0.3 is 29.0 Å². The molecule has 1 fully saturated rings. The van der Waals surface area contributed by atoms with Crippen LogP contribution in [0.25, 0.3) is 0 Å². The molecule has 3 aromatic carbocycles. The van der Waals surface area contributed by atoms with E-state index in [2.05, 4.69) is 0 Å². The minimum Gasteiger partial charge on any atom is -0.460 e. The maximum Gasteiger partial charge on any atom is 0.477 e. The van der Waals surface area contributed by atoms with E-state index in [0.29, 0.717) is 16.7 Å². The molecule has 1 N–H and O–H groups in total. The molecule has 13 nitrogen and oxygen atoms in total. The van der Waals surface area contributed by atoms with Gasteiger partial charge in [0.05, 0.1) is 19.8 Å². The smallest absolute Gasteiger partial charge is 0.460 e. The summed E-state index contributed by atoms with van der Waals surface area (Å²) in [6.07, 6.45) is -12.5. The number of halogens is 4. The number of hydrogen-bond donors (Lipinski definition) is 1. The first-order valence-electron chi connectivity index (χ1n) is 15.6. The Labute approximate surface area is 296 Å².